The van der Waals surface area contributed by atoms with Crippen molar-refractivity contribution in [2.45, 2.75) is 44.8 Å². The van der Waals surface area contributed by atoms with Gasteiger partial charge in [-0.3, -0.25) is 0 Å². The summed E-state index contributed by atoms with van der Waals surface area (Å²) in [5.74, 6) is 2.17. The highest BCUT2D eigenvalue weighted by molar-refractivity contribution is 5.35. The van der Waals surface area contributed by atoms with E-state index in [1.54, 1.807) is 18.2 Å². The summed E-state index contributed by atoms with van der Waals surface area (Å²) < 4.78 is 29.3. The van der Waals surface area contributed by atoms with E-state index in [2.05, 4.69) is 4.74 Å². The Morgan fingerprint density at radius 1 is 1.20 bits per heavy atom. The average molecular weight is 282 g/mol. The second-order valence-corrected chi connectivity index (χ2v) is 6.10. The fourth-order valence-corrected chi connectivity index (χ4v) is 4.04. The number of benzene rings is 1. The van der Waals surface area contributed by atoms with Gasteiger partial charge in [0.05, 0.1) is 6.10 Å². The number of aliphatic hydroxyl groups is 1. The second-order valence-electron chi connectivity index (χ2n) is 6.10. The number of rotatable bonds is 5. The Labute approximate surface area is 117 Å². The molecule has 0 heterocycles. The molecule has 110 valence electrons. The van der Waals surface area contributed by atoms with Crippen LogP contribution in [0.4, 0.5) is 8.78 Å². The smallest absolute Gasteiger partial charge is 0.387 e. The highest BCUT2D eigenvalue weighted by Crippen LogP contribution is 2.51. The molecule has 2 fully saturated rings. The maximum atomic E-state index is 12.4. The Balaban J connectivity index is 1.69. The van der Waals surface area contributed by atoms with Gasteiger partial charge in [-0.2, -0.15) is 8.78 Å². The van der Waals surface area contributed by atoms with Crippen LogP contribution in [0.25, 0.3) is 0 Å². The molecule has 2 aliphatic rings. The standard InChI is InChI=1S/C16H20F2O2/c17-16(18)20-15-4-2-1-3-13(15)14(19)9-12-8-10-5-6-11(12)7-10/h1-4,10-12,14,16,19H,5-9H2. The van der Waals surface area contributed by atoms with Gasteiger partial charge in [0.15, 0.2) is 0 Å². The first-order chi connectivity index (χ1) is 9.63. The molecule has 0 aromatic heterocycles. The summed E-state index contributed by atoms with van der Waals surface area (Å²) in [6.07, 6.45) is 4.99. The van der Waals surface area contributed by atoms with Crippen molar-refractivity contribution in [1.29, 1.82) is 0 Å². The molecule has 20 heavy (non-hydrogen) atoms. The van der Waals surface area contributed by atoms with Gasteiger partial charge in [0.1, 0.15) is 5.75 Å². The first-order valence-corrected chi connectivity index (χ1v) is 7.35. The molecule has 4 atom stereocenters. The fraction of sp³-hybridized carbons (Fsp3) is 0.625. The van der Waals surface area contributed by atoms with Gasteiger partial charge in [0, 0.05) is 5.56 Å². The zero-order valence-electron chi connectivity index (χ0n) is 11.3. The van der Waals surface area contributed by atoms with Gasteiger partial charge in [-0.25, -0.2) is 0 Å². The highest BCUT2D eigenvalue weighted by atomic mass is 19.3. The molecule has 4 heteroatoms. The Bertz CT molecular complexity index is 464. The molecule has 1 aromatic carbocycles. The summed E-state index contributed by atoms with van der Waals surface area (Å²) >= 11 is 0. The zero-order chi connectivity index (χ0) is 14.1. The van der Waals surface area contributed by atoms with Crippen molar-refractivity contribution in [2.75, 3.05) is 0 Å². The largest absolute Gasteiger partial charge is 0.434 e. The third-order valence-corrected chi connectivity index (χ3v) is 4.90. The van der Waals surface area contributed by atoms with E-state index in [4.69, 9.17) is 0 Å². The summed E-state index contributed by atoms with van der Waals surface area (Å²) in [5.41, 5.74) is 0.482. The number of aliphatic hydroxyl groups excluding tert-OH is 1. The molecule has 2 aliphatic carbocycles. The zero-order valence-corrected chi connectivity index (χ0v) is 11.3. The van der Waals surface area contributed by atoms with Crippen molar-refractivity contribution in [3.05, 3.63) is 29.8 Å². The number of hydrogen-bond acceptors (Lipinski definition) is 2. The van der Waals surface area contributed by atoms with Crippen molar-refractivity contribution in [3.63, 3.8) is 0 Å². The molecule has 0 aliphatic heterocycles. The van der Waals surface area contributed by atoms with Gasteiger partial charge in [-0.05, 0) is 49.5 Å². The van der Waals surface area contributed by atoms with Gasteiger partial charge >= 0.3 is 6.61 Å². The summed E-state index contributed by atoms with van der Waals surface area (Å²) in [6, 6.07) is 6.56. The van der Waals surface area contributed by atoms with Gasteiger partial charge < -0.3 is 9.84 Å². The lowest BCUT2D eigenvalue weighted by molar-refractivity contribution is -0.0518. The quantitative estimate of drug-likeness (QED) is 0.879. The van der Waals surface area contributed by atoms with Crippen molar-refractivity contribution in [3.8, 4) is 5.75 Å². The minimum Gasteiger partial charge on any atom is -0.434 e. The van der Waals surface area contributed by atoms with Crippen molar-refractivity contribution >= 4 is 0 Å². The third kappa shape index (κ3) is 2.80. The van der Waals surface area contributed by atoms with Crippen molar-refractivity contribution < 1.29 is 18.6 Å². The van der Waals surface area contributed by atoms with Crippen molar-refractivity contribution in [2.24, 2.45) is 17.8 Å². The molecule has 0 spiro atoms. The van der Waals surface area contributed by atoms with Crippen LogP contribution in [0, 0.1) is 17.8 Å². The molecule has 0 amide bonds. The van der Waals surface area contributed by atoms with Gasteiger partial charge in [0.25, 0.3) is 0 Å². The van der Waals surface area contributed by atoms with Crippen molar-refractivity contribution in [1.82, 2.24) is 0 Å². The molecule has 1 aromatic rings. The number of alkyl halides is 2. The Hall–Kier alpha value is -1.16. The predicted octanol–water partition coefficient (Wildman–Crippen LogP) is 4.15. The maximum Gasteiger partial charge on any atom is 0.387 e. The van der Waals surface area contributed by atoms with Gasteiger partial charge in [-0.15, -0.1) is 0 Å². The summed E-state index contributed by atoms with van der Waals surface area (Å²) in [7, 11) is 0. The average Bonchev–Trinajstić information content (AvgIpc) is 3.00. The molecule has 2 nitrogen and oxygen atoms in total. The SMILES string of the molecule is OC(CC1CC2CCC1C2)c1ccccc1OC(F)F. The Morgan fingerprint density at radius 2 is 2.00 bits per heavy atom. The number of ether oxygens (including phenoxy) is 1. The normalized spacial score (nSPS) is 29.9. The van der Waals surface area contributed by atoms with Crippen LogP contribution in [-0.4, -0.2) is 11.7 Å². The molecular formula is C16H20F2O2. The number of hydrogen-bond donors (Lipinski definition) is 1. The van der Waals surface area contributed by atoms with E-state index in [9.17, 15) is 13.9 Å². The predicted molar refractivity (Wildman–Crippen MR) is 71.6 cm³/mol. The van der Waals surface area contributed by atoms with E-state index in [0.29, 0.717) is 17.9 Å². The van der Waals surface area contributed by atoms with E-state index in [0.717, 1.165) is 11.8 Å². The number of fused-ring (bicyclic) bond motifs is 2. The molecule has 0 radical (unpaired) electrons. The van der Waals surface area contributed by atoms with Crippen LogP contribution in [0.5, 0.6) is 5.75 Å². The summed E-state index contributed by atoms with van der Waals surface area (Å²) in [6.45, 7) is -2.86. The molecule has 2 bridgehead atoms. The first kappa shape index (κ1) is 13.8. The first-order valence-electron chi connectivity index (χ1n) is 7.35. The lowest BCUT2D eigenvalue weighted by Crippen LogP contribution is -2.15. The molecule has 4 unspecified atom stereocenters. The molecule has 1 N–H and O–H groups in total. The van der Waals surface area contributed by atoms with E-state index in [1.165, 1.54) is 31.7 Å². The molecule has 3 rings (SSSR count). The van der Waals surface area contributed by atoms with Crippen LogP contribution in [0.1, 0.15) is 43.8 Å². The maximum absolute atomic E-state index is 12.4. The van der Waals surface area contributed by atoms with Crippen LogP contribution < -0.4 is 4.74 Å². The van der Waals surface area contributed by atoms with Crippen LogP contribution in [0.2, 0.25) is 0 Å². The van der Waals surface area contributed by atoms with Crippen LogP contribution in [0.15, 0.2) is 24.3 Å². The van der Waals surface area contributed by atoms with E-state index >= 15 is 0 Å². The number of para-hydroxylation sites is 1. The van der Waals surface area contributed by atoms with Crippen LogP contribution in [0.3, 0.4) is 0 Å². The lowest BCUT2D eigenvalue weighted by Gasteiger charge is -2.25. The molecular weight excluding hydrogens is 262 g/mol. The summed E-state index contributed by atoms with van der Waals surface area (Å²) in [5, 5.41) is 10.4. The second kappa shape index (κ2) is 5.68. The van der Waals surface area contributed by atoms with E-state index < -0.39 is 12.7 Å². The third-order valence-electron chi connectivity index (χ3n) is 4.90. The minimum atomic E-state index is -2.86. The van der Waals surface area contributed by atoms with E-state index in [1.807, 2.05) is 0 Å². The van der Waals surface area contributed by atoms with E-state index in [-0.39, 0.29) is 5.75 Å². The molecule has 2 saturated carbocycles. The summed E-state index contributed by atoms with van der Waals surface area (Å²) in [4.78, 5) is 0. The van der Waals surface area contributed by atoms with Crippen LogP contribution in [-0.2, 0) is 0 Å². The lowest BCUT2D eigenvalue weighted by atomic mass is 9.83. The topological polar surface area (TPSA) is 29.5 Å². The van der Waals surface area contributed by atoms with Gasteiger partial charge in [0.2, 0.25) is 0 Å². The fourth-order valence-electron chi connectivity index (χ4n) is 4.04. The molecule has 0 saturated heterocycles. The van der Waals surface area contributed by atoms with Crippen LogP contribution >= 0.6 is 0 Å². The van der Waals surface area contributed by atoms with Gasteiger partial charge in [-0.1, -0.05) is 24.6 Å². The Morgan fingerprint density at radius 3 is 2.65 bits per heavy atom. The Kier molecular flexibility index (Phi) is 3.92. The monoisotopic (exact) mass is 282 g/mol. The minimum absolute atomic E-state index is 0.0955. The number of halogens is 2. The highest BCUT2D eigenvalue weighted by Gasteiger charge is 2.40.